The van der Waals surface area contributed by atoms with E-state index < -0.39 is 0 Å². The van der Waals surface area contributed by atoms with Gasteiger partial charge in [-0.15, -0.1) is 24.8 Å². The average Bonchev–Trinajstić information content (AvgIpc) is 2.76. The van der Waals surface area contributed by atoms with Crippen molar-refractivity contribution in [1.82, 2.24) is 15.5 Å². The van der Waals surface area contributed by atoms with Crippen molar-refractivity contribution in [1.29, 1.82) is 0 Å². The van der Waals surface area contributed by atoms with E-state index in [0.717, 1.165) is 26.1 Å². The fourth-order valence-electron chi connectivity index (χ4n) is 2.73. The van der Waals surface area contributed by atoms with E-state index in [4.69, 9.17) is 0 Å². The van der Waals surface area contributed by atoms with Gasteiger partial charge in [0.15, 0.2) is 0 Å². The van der Waals surface area contributed by atoms with Gasteiger partial charge in [-0.1, -0.05) is 0 Å². The maximum atomic E-state index is 12.1. The molecular weight excluding hydrogens is 285 g/mol. The molecule has 1 atom stereocenters. The van der Waals surface area contributed by atoms with Gasteiger partial charge in [-0.2, -0.15) is 0 Å². The number of halogens is 2. The fourth-order valence-corrected chi connectivity index (χ4v) is 2.73. The SMILES string of the molecule is CN1CCC(CNC(=O)C2(C)CCNC2)CC1.Cl.Cl. The van der Waals surface area contributed by atoms with Gasteiger partial charge in [0.05, 0.1) is 5.41 Å². The third-order valence-corrected chi connectivity index (χ3v) is 4.31. The monoisotopic (exact) mass is 311 g/mol. The average molecular weight is 312 g/mol. The summed E-state index contributed by atoms with van der Waals surface area (Å²) in [5, 5.41) is 6.42. The molecule has 0 aromatic heterocycles. The summed E-state index contributed by atoms with van der Waals surface area (Å²) in [4.78, 5) is 14.5. The van der Waals surface area contributed by atoms with Gasteiger partial charge in [0.1, 0.15) is 0 Å². The van der Waals surface area contributed by atoms with Gasteiger partial charge in [-0.25, -0.2) is 0 Å². The molecule has 2 aliphatic rings. The zero-order valence-corrected chi connectivity index (χ0v) is 13.5. The summed E-state index contributed by atoms with van der Waals surface area (Å²) in [6.07, 6.45) is 3.39. The highest BCUT2D eigenvalue weighted by molar-refractivity contribution is 5.85. The summed E-state index contributed by atoms with van der Waals surface area (Å²) in [5.74, 6) is 0.912. The molecule has 0 saturated carbocycles. The molecule has 0 aliphatic carbocycles. The van der Waals surface area contributed by atoms with E-state index in [0.29, 0.717) is 5.92 Å². The number of likely N-dealkylation sites (tertiary alicyclic amines) is 1. The molecule has 2 heterocycles. The summed E-state index contributed by atoms with van der Waals surface area (Å²) < 4.78 is 0. The Morgan fingerprint density at radius 2 is 2.00 bits per heavy atom. The Bertz CT molecular complexity index is 275. The quantitative estimate of drug-likeness (QED) is 0.825. The van der Waals surface area contributed by atoms with Crippen LogP contribution in [0.5, 0.6) is 0 Å². The first-order valence-electron chi connectivity index (χ1n) is 6.78. The van der Waals surface area contributed by atoms with Gasteiger partial charge in [-0.3, -0.25) is 4.79 Å². The molecule has 2 saturated heterocycles. The van der Waals surface area contributed by atoms with Gasteiger partial charge < -0.3 is 15.5 Å². The van der Waals surface area contributed by atoms with Crippen LogP contribution in [0.3, 0.4) is 0 Å². The van der Waals surface area contributed by atoms with Crippen molar-refractivity contribution in [3.05, 3.63) is 0 Å². The molecule has 6 heteroatoms. The van der Waals surface area contributed by atoms with E-state index in [1.165, 1.54) is 25.9 Å². The topological polar surface area (TPSA) is 44.4 Å². The Balaban J connectivity index is 0.00000162. The lowest BCUT2D eigenvalue weighted by Gasteiger charge is -2.30. The molecule has 2 rings (SSSR count). The van der Waals surface area contributed by atoms with Crippen LogP contribution in [0.2, 0.25) is 0 Å². The van der Waals surface area contributed by atoms with Gasteiger partial charge in [-0.05, 0) is 58.8 Å². The van der Waals surface area contributed by atoms with Gasteiger partial charge in [0, 0.05) is 13.1 Å². The summed E-state index contributed by atoms with van der Waals surface area (Å²) in [6.45, 7) is 7.06. The van der Waals surface area contributed by atoms with Crippen LogP contribution in [0.25, 0.3) is 0 Å². The van der Waals surface area contributed by atoms with E-state index in [9.17, 15) is 4.79 Å². The van der Waals surface area contributed by atoms with E-state index in [-0.39, 0.29) is 36.1 Å². The third-order valence-electron chi connectivity index (χ3n) is 4.31. The van der Waals surface area contributed by atoms with E-state index in [1.807, 2.05) is 0 Å². The molecular formula is C13H27Cl2N3O. The lowest BCUT2D eigenvalue weighted by Crippen LogP contribution is -2.43. The van der Waals surface area contributed by atoms with Crippen LogP contribution in [-0.4, -0.2) is 50.6 Å². The van der Waals surface area contributed by atoms with Gasteiger partial charge in [0.2, 0.25) is 5.91 Å². The van der Waals surface area contributed by atoms with E-state index in [1.54, 1.807) is 0 Å². The minimum Gasteiger partial charge on any atom is -0.355 e. The normalized spacial score (nSPS) is 28.3. The van der Waals surface area contributed by atoms with Crippen molar-refractivity contribution in [2.24, 2.45) is 11.3 Å². The van der Waals surface area contributed by atoms with Gasteiger partial charge in [0.25, 0.3) is 0 Å². The molecule has 0 radical (unpaired) electrons. The number of nitrogens with zero attached hydrogens (tertiary/aromatic N) is 1. The molecule has 1 amide bonds. The summed E-state index contributed by atoms with van der Waals surface area (Å²) in [5.41, 5.74) is -0.175. The Hall–Kier alpha value is -0.0300. The van der Waals surface area contributed by atoms with Crippen LogP contribution < -0.4 is 10.6 Å². The lowest BCUT2D eigenvalue weighted by atomic mass is 9.88. The number of nitrogens with one attached hydrogen (secondary N) is 2. The molecule has 4 nitrogen and oxygen atoms in total. The van der Waals surface area contributed by atoms with Crippen molar-refractivity contribution >= 4 is 30.7 Å². The first-order chi connectivity index (χ1) is 8.10. The highest BCUT2D eigenvalue weighted by Gasteiger charge is 2.36. The zero-order valence-electron chi connectivity index (χ0n) is 11.9. The summed E-state index contributed by atoms with van der Waals surface area (Å²) in [7, 11) is 2.17. The lowest BCUT2D eigenvalue weighted by molar-refractivity contribution is -0.129. The second-order valence-corrected chi connectivity index (χ2v) is 5.94. The van der Waals surface area contributed by atoms with Crippen LogP contribution in [0.4, 0.5) is 0 Å². The van der Waals surface area contributed by atoms with Crippen molar-refractivity contribution in [2.75, 3.05) is 39.8 Å². The van der Waals surface area contributed by atoms with Crippen LogP contribution in [0, 0.1) is 11.3 Å². The highest BCUT2D eigenvalue weighted by Crippen LogP contribution is 2.24. The predicted molar refractivity (Wildman–Crippen MR) is 83.3 cm³/mol. The highest BCUT2D eigenvalue weighted by atomic mass is 35.5. The molecule has 2 N–H and O–H groups in total. The summed E-state index contributed by atoms with van der Waals surface area (Å²) >= 11 is 0. The van der Waals surface area contributed by atoms with Gasteiger partial charge >= 0.3 is 0 Å². The summed E-state index contributed by atoms with van der Waals surface area (Å²) in [6, 6.07) is 0. The zero-order chi connectivity index (χ0) is 12.3. The second kappa shape index (κ2) is 8.30. The van der Waals surface area contributed by atoms with Crippen LogP contribution in [0.15, 0.2) is 0 Å². The minimum absolute atomic E-state index is 0. The Morgan fingerprint density at radius 3 is 2.53 bits per heavy atom. The molecule has 0 bridgehead atoms. The third kappa shape index (κ3) is 5.10. The Kier molecular flexibility index (Phi) is 8.29. The molecule has 0 aromatic rings. The first-order valence-corrected chi connectivity index (χ1v) is 6.78. The molecule has 2 aliphatic heterocycles. The number of carbonyl (C=O) groups excluding carboxylic acids is 1. The second-order valence-electron chi connectivity index (χ2n) is 5.94. The first kappa shape index (κ1) is 19.0. The molecule has 0 aromatic carbocycles. The van der Waals surface area contributed by atoms with E-state index in [2.05, 4.69) is 29.5 Å². The fraction of sp³-hybridized carbons (Fsp3) is 0.923. The molecule has 19 heavy (non-hydrogen) atoms. The van der Waals surface area contributed by atoms with Crippen molar-refractivity contribution in [3.8, 4) is 0 Å². The Morgan fingerprint density at radius 1 is 1.37 bits per heavy atom. The molecule has 0 spiro atoms. The van der Waals surface area contributed by atoms with Crippen LogP contribution in [-0.2, 0) is 4.79 Å². The standard InChI is InChI=1S/C13H25N3O.2ClH/c1-13(5-6-14-10-13)12(17)15-9-11-3-7-16(2)8-4-11;;/h11,14H,3-10H2,1-2H3,(H,15,17);2*1H. The smallest absolute Gasteiger partial charge is 0.227 e. The van der Waals surface area contributed by atoms with Crippen molar-refractivity contribution in [3.63, 3.8) is 0 Å². The van der Waals surface area contributed by atoms with Crippen molar-refractivity contribution in [2.45, 2.75) is 26.2 Å². The number of hydrogen-bond acceptors (Lipinski definition) is 3. The number of hydrogen-bond donors (Lipinski definition) is 2. The Labute approximate surface area is 128 Å². The maximum absolute atomic E-state index is 12.1. The van der Waals surface area contributed by atoms with E-state index >= 15 is 0 Å². The number of rotatable bonds is 3. The molecule has 114 valence electrons. The minimum atomic E-state index is -0.175. The number of piperidine rings is 1. The maximum Gasteiger partial charge on any atom is 0.227 e. The van der Waals surface area contributed by atoms with Crippen molar-refractivity contribution < 1.29 is 4.79 Å². The van der Waals surface area contributed by atoms with Crippen LogP contribution in [0.1, 0.15) is 26.2 Å². The van der Waals surface area contributed by atoms with Crippen LogP contribution >= 0.6 is 24.8 Å². The largest absolute Gasteiger partial charge is 0.355 e. The molecule has 1 unspecified atom stereocenters. The molecule has 2 fully saturated rings. The number of amides is 1. The predicted octanol–water partition coefficient (Wildman–Crippen LogP) is 1.29. The number of carbonyl (C=O) groups is 1.